The summed E-state index contributed by atoms with van der Waals surface area (Å²) in [5.74, 6) is -0.916. The molecule has 0 N–H and O–H groups in total. The van der Waals surface area contributed by atoms with Gasteiger partial charge >= 0.3 is 0 Å². The van der Waals surface area contributed by atoms with E-state index < -0.39 is 11.6 Å². The van der Waals surface area contributed by atoms with Crippen molar-refractivity contribution in [3.8, 4) is 17.1 Å². The molecule has 27 heavy (non-hydrogen) atoms. The van der Waals surface area contributed by atoms with Crippen LogP contribution in [0.1, 0.15) is 18.2 Å². The molecular formula is C19H15F2N3O3. The average Bonchev–Trinajstić information content (AvgIpc) is 3.29. The van der Waals surface area contributed by atoms with Crippen molar-refractivity contribution in [3.63, 3.8) is 0 Å². The summed E-state index contributed by atoms with van der Waals surface area (Å²) in [4.78, 5) is 18.0. The molecule has 6 nitrogen and oxygen atoms in total. The number of carbonyl (C=O) groups excluding carboxylic acids is 1. The molecule has 1 aliphatic rings. The van der Waals surface area contributed by atoms with Gasteiger partial charge in [-0.05, 0) is 24.3 Å². The molecular weight excluding hydrogens is 356 g/mol. The molecule has 0 bridgehead atoms. The first kappa shape index (κ1) is 17.1. The summed E-state index contributed by atoms with van der Waals surface area (Å²) in [5, 5.41) is 3.97. The lowest BCUT2D eigenvalue weighted by molar-refractivity contribution is -0.117. The molecule has 3 aromatic rings. The smallest absolute Gasteiger partial charge is 0.232 e. The van der Waals surface area contributed by atoms with Crippen molar-refractivity contribution >= 4 is 11.6 Å². The lowest BCUT2D eigenvalue weighted by atomic mass is 10.1. The zero-order valence-electron chi connectivity index (χ0n) is 14.4. The van der Waals surface area contributed by atoms with Crippen LogP contribution in [0.5, 0.6) is 5.75 Å². The second-order valence-corrected chi connectivity index (χ2v) is 6.16. The Kier molecular flexibility index (Phi) is 4.31. The minimum atomic E-state index is -0.788. The van der Waals surface area contributed by atoms with E-state index in [-0.39, 0.29) is 36.4 Å². The number of benzene rings is 2. The van der Waals surface area contributed by atoms with Crippen molar-refractivity contribution in [2.24, 2.45) is 0 Å². The van der Waals surface area contributed by atoms with Crippen molar-refractivity contribution in [3.05, 3.63) is 60.0 Å². The number of nitrogens with zero attached hydrogens (tertiary/aromatic N) is 3. The predicted octanol–water partition coefficient (Wildman–Crippen LogP) is 3.54. The second-order valence-electron chi connectivity index (χ2n) is 6.16. The normalized spacial score (nSPS) is 16.8. The molecule has 1 aliphatic heterocycles. The van der Waals surface area contributed by atoms with Crippen molar-refractivity contribution in [2.45, 2.75) is 12.3 Å². The van der Waals surface area contributed by atoms with Crippen molar-refractivity contribution in [1.82, 2.24) is 10.1 Å². The third kappa shape index (κ3) is 3.14. The number of methoxy groups -OCH3 is 1. The zero-order chi connectivity index (χ0) is 19.0. The Bertz CT molecular complexity index is 1010. The van der Waals surface area contributed by atoms with E-state index in [1.807, 2.05) is 12.1 Å². The van der Waals surface area contributed by atoms with Crippen LogP contribution in [0, 0.1) is 11.6 Å². The Labute approximate surface area is 153 Å². The highest BCUT2D eigenvalue weighted by atomic mass is 19.1. The van der Waals surface area contributed by atoms with Gasteiger partial charge < -0.3 is 14.2 Å². The molecule has 1 unspecified atom stereocenters. The van der Waals surface area contributed by atoms with Crippen LogP contribution >= 0.6 is 0 Å². The van der Waals surface area contributed by atoms with Crippen LogP contribution in [0.3, 0.4) is 0 Å². The van der Waals surface area contributed by atoms with Gasteiger partial charge in [-0.2, -0.15) is 4.98 Å². The van der Waals surface area contributed by atoms with E-state index in [1.165, 1.54) is 11.0 Å². The topological polar surface area (TPSA) is 68.5 Å². The SMILES string of the molecule is COc1ccccc1-c1noc(C2CC(=O)N(c3ccc(F)cc3F)C2)n1. The van der Waals surface area contributed by atoms with Gasteiger partial charge in [0.2, 0.25) is 17.6 Å². The molecule has 1 amide bonds. The summed E-state index contributed by atoms with van der Waals surface area (Å²) in [6.45, 7) is 0.176. The van der Waals surface area contributed by atoms with E-state index in [9.17, 15) is 13.6 Å². The number of halogens is 2. The highest BCUT2D eigenvalue weighted by Crippen LogP contribution is 2.34. The predicted molar refractivity (Wildman–Crippen MR) is 92.4 cm³/mol. The summed E-state index contributed by atoms with van der Waals surface area (Å²) in [5.41, 5.74) is 0.703. The number of aromatic nitrogens is 2. The van der Waals surface area contributed by atoms with Gasteiger partial charge in [0, 0.05) is 19.0 Å². The molecule has 1 atom stereocenters. The molecule has 8 heteroatoms. The fraction of sp³-hybridized carbons (Fsp3) is 0.211. The highest BCUT2D eigenvalue weighted by molar-refractivity contribution is 5.96. The van der Waals surface area contributed by atoms with Crippen LogP contribution in [0.15, 0.2) is 47.0 Å². The summed E-state index contributed by atoms with van der Waals surface area (Å²) < 4.78 is 37.8. The molecule has 0 saturated carbocycles. The molecule has 4 rings (SSSR count). The van der Waals surface area contributed by atoms with E-state index >= 15 is 0 Å². The number of carbonyl (C=O) groups is 1. The number of para-hydroxylation sites is 1. The number of ether oxygens (including phenoxy) is 1. The monoisotopic (exact) mass is 371 g/mol. The van der Waals surface area contributed by atoms with Gasteiger partial charge in [0.25, 0.3) is 0 Å². The maximum atomic E-state index is 14.0. The van der Waals surface area contributed by atoms with E-state index in [1.54, 1.807) is 19.2 Å². The minimum absolute atomic E-state index is 0.0355. The summed E-state index contributed by atoms with van der Waals surface area (Å²) in [7, 11) is 1.55. The Balaban J connectivity index is 1.59. The van der Waals surface area contributed by atoms with E-state index in [4.69, 9.17) is 9.26 Å². The van der Waals surface area contributed by atoms with Crippen LogP contribution in [0.25, 0.3) is 11.4 Å². The lowest BCUT2D eigenvalue weighted by Crippen LogP contribution is -2.25. The molecule has 138 valence electrons. The summed E-state index contributed by atoms with van der Waals surface area (Å²) in [6.07, 6.45) is 0.102. The molecule has 0 radical (unpaired) electrons. The van der Waals surface area contributed by atoms with Crippen LogP contribution in [-0.2, 0) is 4.79 Å². The van der Waals surface area contributed by atoms with Gasteiger partial charge in [-0.15, -0.1) is 0 Å². The third-order valence-electron chi connectivity index (χ3n) is 4.46. The molecule has 0 aliphatic carbocycles. The number of rotatable bonds is 4. The first-order chi connectivity index (χ1) is 13.1. The van der Waals surface area contributed by atoms with Crippen molar-refractivity contribution in [2.75, 3.05) is 18.6 Å². The van der Waals surface area contributed by atoms with Gasteiger partial charge in [-0.25, -0.2) is 8.78 Å². The Hall–Kier alpha value is -3.29. The standard InChI is InChI=1S/C19H15F2N3O3/c1-26-16-5-3-2-4-13(16)18-22-19(27-23-18)11-8-17(25)24(10-11)15-7-6-12(20)9-14(15)21/h2-7,9,11H,8,10H2,1H3. The van der Waals surface area contributed by atoms with E-state index in [2.05, 4.69) is 10.1 Å². The maximum absolute atomic E-state index is 14.0. The zero-order valence-corrected chi connectivity index (χ0v) is 14.4. The van der Waals surface area contributed by atoms with Crippen LogP contribution in [0.2, 0.25) is 0 Å². The molecule has 1 aromatic heterocycles. The van der Waals surface area contributed by atoms with Gasteiger partial charge in [-0.3, -0.25) is 4.79 Å². The summed E-state index contributed by atoms with van der Waals surface area (Å²) >= 11 is 0. The fourth-order valence-electron chi connectivity index (χ4n) is 3.15. The Morgan fingerprint density at radius 3 is 2.81 bits per heavy atom. The largest absolute Gasteiger partial charge is 0.496 e. The molecule has 0 spiro atoms. The highest BCUT2D eigenvalue weighted by Gasteiger charge is 2.36. The maximum Gasteiger partial charge on any atom is 0.232 e. The molecule has 1 fully saturated rings. The number of amides is 1. The van der Waals surface area contributed by atoms with Crippen LogP contribution < -0.4 is 9.64 Å². The second kappa shape index (κ2) is 6.79. The number of anilines is 1. The quantitative estimate of drug-likeness (QED) is 0.702. The third-order valence-corrected chi connectivity index (χ3v) is 4.46. The number of hydrogen-bond acceptors (Lipinski definition) is 5. The average molecular weight is 371 g/mol. The minimum Gasteiger partial charge on any atom is -0.496 e. The van der Waals surface area contributed by atoms with Crippen molar-refractivity contribution in [1.29, 1.82) is 0 Å². The van der Waals surface area contributed by atoms with E-state index in [0.29, 0.717) is 17.1 Å². The lowest BCUT2D eigenvalue weighted by Gasteiger charge is -2.16. The van der Waals surface area contributed by atoms with Crippen LogP contribution in [-0.4, -0.2) is 29.7 Å². The van der Waals surface area contributed by atoms with Crippen LogP contribution in [0.4, 0.5) is 14.5 Å². The van der Waals surface area contributed by atoms with Gasteiger partial charge in [0.1, 0.15) is 17.4 Å². The van der Waals surface area contributed by atoms with E-state index in [0.717, 1.165) is 12.1 Å². The number of hydrogen-bond donors (Lipinski definition) is 0. The van der Waals surface area contributed by atoms with Crippen molar-refractivity contribution < 1.29 is 22.8 Å². The Morgan fingerprint density at radius 2 is 2.04 bits per heavy atom. The van der Waals surface area contributed by atoms with Gasteiger partial charge in [0.15, 0.2) is 0 Å². The first-order valence-corrected chi connectivity index (χ1v) is 8.29. The molecule has 2 heterocycles. The Morgan fingerprint density at radius 1 is 1.22 bits per heavy atom. The van der Waals surface area contributed by atoms with Gasteiger partial charge in [0.05, 0.1) is 24.3 Å². The van der Waals surface area contributed by atoms with Gasteiger partial charge in [-0.1, -0.05) is 17.3 Å². The fourth-order valence-corrected chi connectivity index (χ4v) is 3.15. The summed E-state index contributed by atoms with van der Waals surface area (Å²) in [6, 6.07) is 10.4. The molecule has 2 aromatic carbocycles. The molecule has 1 saturated heterocycles. The first-order valence-electron chi connectivity index (χ1n) is 8.29.